The number of nitrogens with one attached hydrogen (secondary N) is 1. The lowest BCUT2D eigenvalue weighted by Crippen LogP contribution is -2.08. The topological polar surface area (TPSA) is 45.8 Å². The number of aromatic amines is 1. The zero-order valence-corrected chi connectivity index (χ0v) is 6.01. The highest BCUT2D eigenvalue weighted by molar-refractivity contribution is 5.75. The maximum absolute atomic E-state index is 10.6. The molecule has 3 radical (unpaired) electrons. The Labute approximate surface area is 61.1 Å². The molecule has 51 valence electrons. The van der Waals surface area contributed by atoms with E-state index in [2.05, 4.69) is 9.97 Å². The van der Waals surface area contributed by atoms with E-state index >= 15 is 0 Å². The predicted molar refractivity (Wildman–Crippen MR) is 40.1 cm³/mol. The summed E-state index contributed by atoms with van der Waals surface area (Å²) in [6.07, 6.45) is 0. The lowest BCUT2D eigenvalue weighted by atomic mass is 10.4. The number of hydrogen-bond donors (Lipinski definition) is 1. The minimum atomic E-state index is -0.0833. The number of H-pyrrole nitrogens is 1. The summed E-state index contributed by atoms with van der Waals surface area (Å²) in [6.45, 7) is 3.55. The normalized spacial score (nSPS) is 8.60. The van der Waals surface area contributed by atoms with Crippen LogP contribution in [0.15, 0.2) is 10.9 Å². The Balaban J connectivity index is 0.000000810. The van der Waals surface area contributed by atoms with Crippen molar-refractivity contribution in [3.8, 4) is 0 Å². The molecular weight excluding hydrogens is 127 g/mol. The van der Waals surface area contributed by atoms with Gasteiger partial charge in [0, 0.05) is 20.2 Å². The first-order valence-corrected chi connectivity index (χ1v) is 2.73. The molecule has 0 aliphatic carbocycles. The molecule has 0 bridgehead atoms. The van der Waals surface area contributed by atoms with E-state index in [-0.39, 0.29) is 14.0 Å². The van der Waals surface area contributed by atoms with Gasteiger partial charge in [-0.15, -0.1) is 0 Å². The highest BCUT2D eigenvalue weighted by Gasteiger charge is 1.88. The standard InChI is InChI=1S/C6H8N2O.B/c1-4-3-6(9)8-5(2)7-4;/h3H,1-2H3,(H,7,8,9);. The van der Waals surface area contributed by atoms with Crippen molar-refractivity contribution >= 4 is 8.41 Å². The van der Waals surface area contributed by atoms with E-state index in [0.29, 0.717) is 5.82 Å². The van der Waals surface area contributed by atoms with Crippen molar-refractivity contribution in [3.63, 3.8) is 0 Å². The summed E-state index contributed by atoms with van der Waals surface area (Å²) in [5.74, 6) is 0.667. The van der Waals surface area contributed by atoms with Gasteiger partial charge in [0.2, 0.25) is 0 Å². The van der Waals surface area contributed by atoms with Crippen molar-refractivity contribution in [2.24, 2.45) is 0 Å². The average molecular weight is 135 g/mol. The second-order valence-corrected chi connectivity index (χ2v) is 1.97. The summed E-state index contributed by atoms with van der Waals surface area (Å²) in [5, 5.41) is 0. The molecule has 1 aromatic rings. The van der Waals surface area contributed by atoms with Gasteiger partial charge < -0.3 is 4.98 Å². The van der Waals surface area contributed by atoms with Crippen molar-refractivity contribution in [2.75, 3.05) is 0 Å². The second kappa shape index (κ2) is 3.20. The first kappa shape index (κ1) is 8.94. The summed E-state index contributed by atoms with van der Waals surface area (Å²) in [4.78, 5) is 17.1. The van der Waals surface area contributed by atoms with Crippen LogP contribution in [0.4, 0.5) is 0 Å². The van der Waals surface area contributed by atoms with Crippen LogP contribution in [0.5, 0.6) is 0 Å². The summed E-state index contributed by atoms with van der Waals surface area (Å²) in [6, 6.07) is 1.47. The van der Waals surface area contributed by atoms with Crippen LogP contribution in [-0.4, -0.2) is 18.4 Å². The highest BCUT2D eigenvalue weighted by atomic mass is 16.1. The van der Waals surface area contributed by atoms with Gasteiger partial charge in [-0.2, -0.15) is 0 Å². The molecule has 1 heterocycles. The zero-order valence-electron chi connectivity index (χ0n) is 6.01. The lowest BCUT2D eigenvalue weighted by molar-refractivity contribution is 0.982. The van der Waals surface area contributed by atoms with Gasteiger partial charge in [0.05, 0.1) is 0 Å². The third-order valence-electron chi connectivity index (χ3n) is 0.988. The molecule has 0 aliphatic rings. The molecule has 0 saturated heterocycles. The molecule has 0 atom stereocenters. The molecular formula is C6H8BN2O. The van der Waals surface area contributed by atoms with Crippen LogP contribution in [0.3, 0.4) is 0 Å². The van der Waals surface area contributed by atoms with Crippen LogP contribution in [0.1, 0.15) is 11.5 Å². The zero-order chi connectivity index (χ0) is 6.85. The maximum atomic E-state index is 10.6. The fourth-order valence-electron chi connectivity index (χ4n) is 0.729. The van der Waals surface area contributed by atoms with E-state index in [1.54, 1.807) is 13.8 Å². The predicted octanol–water partition coefficient (Wildman–Crippen LogP) is 0.00594. The summed E-state index contributed by atoms with van der Waals surface area (Å²) in [7, 11) is 0. The molecule has 3 nitrogen and oxygen atoms in total. The van der Waals surface area contributed by atoms with Crippen molar-refractivity contribution in [3.05, 3.63) is 27.9 Å². The molecule has 0 saturated carbocycles. The van der Waals surface area contributed by atoms with Gasteiger partial charge in [0.15, 0.2) is 0 Å². The van der Waals surface area contributed by atoms with E-state index in [9.17, 15) is 4.79 Å². The van der Waals surface area contributed by atoms with Crippen LogP contribution >= 0.6 is 0 Å². The summed E-state index contributed by atoms with van der Waals surface area (Å²) >= 11 is 0. The molecule has 0 aromatic carbocycles. The Kier molecular flexibility index (Phi) is 2.86. The maximum Gasteiger partial charge on any atom is 0.251 e. The van der Waals surface area contributed by atoms with Crippen LogP contribution in [-0.2, 0) is 0 Å². The van der Waals surface area contributed by atoms with Crippen LogP contribution < -0.4 is 5.56 Å². The van der Waals surface area contributed by atoms with Crippen LogP contribution in [0.2, 0.25) is 0 Å². The Hall–Kier alpha value is -1.06. The van der Waals surface area contributed by atoms with Gasteiger partial charge in [0.25, 0.3) is 5.56 Å². The van der Waals surface area contributed by atoms with E-state index in [0.717, 1.165) is 5.69 Å². The number of nitrogens with zero attached hydrogens (tertiary/aromatic N) is 1. The summed E-state index contributed by atoms with van der Waals surface area (Å²) < 4.78 is 0. The lowest BCUT2D eigenvalue weighted by Gasteiger charge is -1.90. The van der Waals surface area contributed by atoms with Crippen molar-refractivity contribution in [2.45, 2.75) is 13.8 Å². The molecule has 0 amide bonds. The Morgan fingerprint density at radius 1 is 1.50 bits per heavy atom. The third kappa shape index (κ3) is 2.05. The van der Waals surface area contributed by atoms with Crippen LogP contribution in [0.25, 0.3) is 0 Å². The number of rotatable bonds is 0. The fourth-order valence-corrected chi connectivity index (χ4v) is 0.729. The summed E-state index contributed by atoms with van der Waals surface area (Å²) in [5.41, 5.74) is 0.677. The first-order chi connectivity index (χ1) is 4.18. The molecule has 0 aliphatic heterocycles. The molecule has 1 rings (SSSR count). The molecule has 10 heavy (non-hydrogen) atoms. The molecule has 1 N–H and O–H groups in total. The largest absolute Gasteiger partial charge is 0.311 e. The minimum Gasteiger partial charge on any atom is -0.311 e. The molecule has 0 fully saturated rings. The molecule has 0 unspecified atom stereocenters. The van der Waals surface area contributed by atoms with E-state index in [1.807, 2.05) is 0 Å². The number of hydrogen-bond acceptors (Lipinski definition) is 2. The fraction of sp³-hybridized carbons (Fsp3) is 0.333. The number of aryl methyl sites for hydroxylation is 2. The van der Waals surface area contributed by atoms with Gasteiger partial charge in [-0.05, 0) is 13.8 Å². The van der Waals surface area contributed by atoms with E-state index < -0.39 is 0 Å². The Bertz CT molecular complexity index is 245. The SMILES string of the molecule is Cc1cc(=O)[nH]c(C)n1.[B]. The molecule has 1 aromatic heterocycles. The molecule has 4 heteroatoms. The van der Waals surface area contributed by atoms with Crippen molar-refractivity contribution in [1.82, 2.24) is 9.97 Å². The van der Waals surface area contributed by atoms with Crippen molar-refractivity contribution < 1.29 is 0 Å². The van der Waals surface area contributed by atoms with Gasteiger partial charge in [-0.1, -0.05) is 0 Å². The van der Waals surface area contributed by atoms with Gasteiger partial charge >= 0.3 is 0 Å². The van der Waals surface area contributed by atoms with Gasteiger partial charge in [-0.25, -0.2) is 4.98 Å². The Morgan fingerprint density at radius 2 is 2.10 bits per heavy atom. The third-order valence-corrected chi connectivity index (χ3v) is 0.988. The monoisotopic (exact) mass is 135 g/mol. The quantitative estimate of drug-likeness (QED) is 0.509. The van der Waals surface area contributed by atoms with E-state index in [4.69, 9.17) is 0 Å². The van der Waals surface area contributed by atoms with Gasteiger partial charge in [-0.3, -0.25) is 4.79 Å². The first-order valence-electron chi connectivity index (χ1n) is 2.73. The minimum absolute atomic E-state index is 0. The highest BCUT2D eigenvalue weighted by Crippen LogP contribution is 1.84. The second-order valence-electron chi connectivity index (χ2n) is 1.97. The van der Waals surface area contributed by atoms with Crippen LogP contribution in [0, 0.1) is 13.8 Å². The average Bonchev–Trinajstić information content (AvgIpc) is 1.59. The van der Waals surface area contributed by atoms with E-state index in [1.165, 1.54) is 6.07 Å². The van der Waals surface area contributed by atoms with Gasteiger partial charge in [0.1, 0.15) is 5.82 Å². The molecule has 0 spiro atoms. The number of aromatic nitrogens is 2. The smallest absolute Gasteiger partial charge is 0.251 e. The van der Waals surface area contributed by atoms with Crippen molar-refractivity contribution in [1.29, 1.82) is 0 Å². The Morgan fingerprint density at radius 3 is 2.50 bits per heavy atom.